The Morgan fingerprint density at radius 3 is 2.63 bits per heavy atom. The molecule has 0 aliphatic carbocycles. The van der Waals surface area contributed by atoms with Crippen LogP contribution in [0, 0.1) is 0 Å². The van der Waals surface area contributed by atoms with Gasteiger partial charge in [0.15, 0.2) is 0 Å². The molecule has 0 saturated carbocycles. The van der Waals surface area contributed by atoms with Crippen molar-refractivity contribution in [3.8, 4) is 0 Å². The predicted octanol–water partition coefficient (Wildman–Crippen LogP) is 0.710. The van der Waals surface area contributed by atoms with E-state index in [9.17, 15) is 13.2 Å². The van der Waals surface area contributed by atoms with Crippen molar-refractivity contribution >= 4 is 33.4 Å². The van der Waals surface area contributed by atoms with Crippen molar-refractivity contribution in [3.63, 3.8) is 0 Å². The Morgan fingerprint density at radius 1 is 1.53 bits per heavy atom. The molecule has 0 saturated heterocycles. The number of nitrogen functional groups attached to an aromatic ring is 1. The van der Waals surface area contributed by atoms with Crippen LogP contribution >= 0.6 is 11.8 Å². The van der Waals surface area contributed by atoms with Crippen LogP contribution in [0.25, 0.3) is 0 Å². The van der Waals surface area contributed by atoms with E-state index in [0.29, 0.717) is 5.03 Å². The maximum absolute atomic E-state index is 11.2. The Kier molecular flexibility index (Phi) is 5.24. The lowest BCUT2D eigenvalue weighted by Gasteiger charge is -2.02. The van der Waals surface area contributed by atoms with Crippen molar-refractivity contribution in [2.24, 2.45) is 0 Å². The molecule has 0 spiro atoms. The van der Waals surface area contributed by atoms with Crippen LogP contribution < -0.4 is 5.73 Å². The number of aromatic carboxylic acids is 1. The number of hydrogen-bond donors (Lipinski definition) is 2. The van der Waals surface area contributed by atoms with Gasteiger partial charge in [-0.25, -0.2) is 17.9 Å². The molecule has 1 aromatic heterocycles. The number of nitrogens with two attached hydrogens (primary N) is 1. The Bertz CT molecular complexity index is 566. The molecule has 3 N–H and O–H groups in total. The number of carboxylic acid groups (broad SMARTS) is 1. The molecular formula is C10H17N3O4S2. The molecule has 1 heterocycles. The van der Waals surface area contributed by atoms with Crippen molar-refractivity contribution in [1.29, 1.82) is 0 Å². The number of anilines is 1. The zero-order valence-electron chi connectivity index (χ0n) is 10.8. The summed E-state index contributed by atoms with van der Waals surface area (Å²) in [6.07, 6.45) is 1.98. The van der Waals surface area contributed by atoms with Gasteiger partial charge in [0, 0.05) is 6.26 Å². The lowest BCUT2D eigenvalue weighted by atomic mass is 10.3. The summed E-state index contributed by atoms with van der Waals surface area (Å²) in [4.78, 5) is 11.2. The maximum atomic E-state index is 11.2. The molecule has 7 nitrogen and oxygen atoms in total. The molecule has 0 aliphatic heterocycles. The smallest absolute Gasteiger partial charge is 0.342 e. The van der Waals surface area contributed by atoms with Gasteiger partial charge in [0.05, 0.1) is 12.3 Å². The molecule has 0 atom stereocenters. The summed E-state index contributed by atoms with van der Waals surface area (Å²) in [5.74, 6) is -0.560. The van der Waals surface area contributed by atoms with Gasteiger partial charge in [0.2, 0.25) is 0 Å². The minimum absolute atomic E-state index is 0.00486. The van der Waals surface area contributed by atoms with Crippen LogP contribution in [0.4, 0.5) is 5.82 Å². The van der Waals surface area contributed by atoms with Gasteiger partial charge in [-0.05, 0) is 12.2 Å². The lowest BCUT2D eigenvalue weighted by Crippen LogP contribution is -2.14. The molecule has 1 rings (SSSR count). The monoisotopic (exact) mass is 307 g/mol. The second-order valence-electron chi connectivity index (χ2n) is 4.07. The van der Waals surface area contributed by atoms with E-state index in [-0.39, 0.29) is 23.7 Å². The van der Waals surface area contributed by atoms with Crippen LogP contribution in [0.5, 0.6) is 0 Å². The highest BCUT2D eigenvalue weighted by Gasteiger charge is 2.22. The summed E-state index contributed by atoms with van der Waals surface area (Å²) in [6.45, 7) is 2.02. The Labute approximate surface area is 116 Å². The Balaban J connectivity index is 3.03. The number of carboxylic acids is 1. The number of aryl methyl sites for hydroxylation is 1. The minimum Gasteiger partial charge on any atom is -0.477 e. The fourth-order valence-corrected chi connectivity index (χ4v) is 2.77. The highest BCUT2D eigenvalue weighted by atomic mass is 32.2. The standard InChI is InChI=1S/C10H17N3O4S2/c1-3-5-18-9-7(10(14)15)8(11)13(12-9)4-6-19(2,16)17/h3-6,11H2,1-2H3,(H,14,15). The quantitative estimate of drug-likeness (QED) is 0.713. The van der Waals surface area contributed by atoms with Crippen molar-refractivity contribution in [2.75, 3.05) is 23.5 Å². The van der Waals surface area contributed by atoms with E-state index in [1.54, 1.807) is 0 Å². The third kappa shape index (κ3) is 4.43. The zero-order valence-corrected chi connectivity index (χ0v) is 12.4. The highest BCUT2D eigenvalue weighted by molar-refractivity contribution is 7.99. The third-order valence-corrected chi connectivity index (χ3v) is 4.39. The first-order chi connectivity index (χ1) is 8.76. The minimum atomic E-state index is -3.15. The molecule has 0 bridgehead atoms. The number of aromatic nitrogens is 2. The first-order valence-electron chi connectivity index (χ1n) is 5.66. The van der Waals surface area contributed by atoms with Gasteiger partial charge in [-0.1, -0.05) is 6.92 Å². The third-order valence-electron chi connectivity index (χ3n) is 2.29. The van der Waals surface area contributed by atoms with E-state index in [2.05, 4.69) is 5.10 Å². The average molecular weight is 307 g/mol. The fourth-order valence-electron chi connectivity index (χ4n) is 1.38. The summed E-state index contributed by atoms with van der Waals surface area (Å²) in [7, 11) is -3.15. The number of carbonyl (C=O) groups is 1. The van der Waals surface area contributed by atoms with E-state index in [1.165, 1.54) is 16.4 Å². The van der Waals surface area contributed by atoms with Crippen LogP contribution in [0.15, 0.2) is 5.03 Å². The molecule has 0 aromatic carbocycles. The van der Waals surface area contributed by atoms with E-state index in [0.717, 1.165) is 18.4 Å². The number of sulfone groups is 1. The Hall–Kier alpha value is -1.22. The molecule has 1 aromatic rings. The van der Waals surface area contributed by atoms with E-state index in [4.69, 9.17) is 10.8 Å². The van der Waals surface area contributed by atoms with E-state index in [1.807, 2.05) is 6.92 Å². The molecule has 0 unspecified atom stereocenters. The van der Waals surface area contributed by atoms with Crippen molar-refractivity contribution in [3.05, 3.63) is 5.56 Å². The first kappa shape index (κ1) is 15.8. The fraction of sp³-hybridized carbons (Fsp3) is 0.600. The summed E-state index contributed by atoms with van der Waals surface area (Å²) < 4.78 is 23.5. The summed E-state index contributed by atoms with van der Waals surface area (Å²) in [6, 6.07) is 0. The van der Waals surface area contributed by atoms with Crippen LogP contribution in [-0.4, -0.2) is 47.0 Å². The van der Waals surface area contributed by atoms with E-state index < -0.39 is 15.8 Å². The second kappa shape index (κ2) is 6.29. The summed E-state index contributed by atoms with van der Waals surface area (Å²) >= 11 is 1.30. The number of hydrogen-bond acceptors (Lipinski definition) is 6. The van der Waals surface area contributed by atoms with Gasteiger partial charge in [-0.3, -0.25) is 0 Å². The maximum Gasteiger partial charge on any atom is 0.342 e. The van der Waals surface area contributed by atoms with Crippen LogP contribution in [0.3, 0.4) is 0 Å². The zero-order chi connectivity index (χ0) is 14.6. The number of thioether (sulfide) groups is 1. The van der Waals surface area contributed by atoms with Crippen molar-refractivity contribution in [1.82, 2.24) is 9.78 Å². The first-order valence-corrected chi connectivity index (χ1v) is 8.71. The SMILES string of the molecule is CCCSc1nn(CCS(C)(=O)=O)c(N)c1C(=O)O. The van der Waals surface area contributed by atoms with Gasteiger partial charge in [0.1, 0.15) is 26.2 Å². The van der Waals surface area contributed by atoms with Crippen molar-refractivity contribution in [2.45, 2.75) is 24.9 Å². The van der Waals surface area contributed by atoms with Crippen molar-refractivity contribution < 1.29 is 18.3 Å². The van der Waals surface area contributed by atoms with Gasteiger partial charge < -0.3 is 10.8 Å². The number of nitrogens with zero attached hydrogens (tertiary/aromatic N) is 2. The molecule has 108 valence electrons. The molecule has 19 heavy (non-hydrogen) atoms. The number of rotatable bonds is 7. The van der Waals surface area contributed by atoms with Crippen LogP contribution in [0.1, 0.15) is 23.7 Å². The molecular weight excluding hydrogens is 290 g/mol. The Morgan fingerprint density at radius 2 is 2.16 bits per heavy atom. The topological polar surface area (TPSA) is 115 Å². The van der Waals surface area contributed by atoms with E-state index >= 15 is 0 Å². The lowest BCUT2D eigenvalue weighted by molar-refractivity contribution is 0.0694. The normalized spacial score (nSPS) is 11.7. The predicted molar refractivity (Wildman–Crippen MR) is 74.3 cm³/mol. The van der Waals surface area contributed by atoms with Gasteiger partial charge >= 0.3 is 5.97 Å². The average Bonchev–Trinajstić information content (AvgIpc) is 2.59. The largest absolute Gasteiger partial charge is 0.477 e. The van der Waals surface area contributed by atoms with Gasteiger partial charge in [-0.15, -0.1) is 11.8 Å². The molecule has 0 amide bonds. The summed E-state index contributed by atoms with van der Waals surface area (Å²) in [5, 5.41) is 13.5. The second-order valence-corrected chi connectivity index (χ2v) is 7.42. The summed E-state index contributed by atoms with van der Waals surface area (Å²) in [5.41, 5.74) is 5.67. The van der Waals surface area contributed by atoms with Crippen LogP contribution in [0.2, 0.25) is 0 Å². The molecule has 0 radical (unpaired) electrons. The van der Waals surface area contributed by atoms with Gasteiger partial charge in [-0.2, -0.15) is 5.10 Å². The highest BCUT2D eigenvalue weighted by Crippen LogP contribution is 2.27. The molecule has 0 fully saturated rings. The van der Waals surface area contributed by atoms with Gasteiger partial charge in [0.25, 0.3) is 0 Å². The molecule has 9 heteroatoms. The molecule has 0 aliphatic rings. The van der Waals surface area contributed by atoms with Crippen LogP contribution in [-0.2, 0) is 16.4 Å².